The molecular formula is C17H22N4O4. The second-order valence-electron chi connectivity index (χ2n) is 7.12. The molecule has 2 aromatic heterocycles. The number of hydrogen-bond donors (Lipinski definition) is 1. The van der Waals surface area contributed by atoms with Gasteiger partial charge in [-0.05, 0) is 39.2 Å². The summed E-state index contributed by atoms with van der Waals surface area (Å²) in [6, 6.07) is 2.93. The molecule has 1 aliphatic heterocycles. The van der Waals surface area contributed by atoms with Gasteiger partial charge in [-0.1, -0.05) is 11.2 Å². The number of carbonyl (C=O) groups excluding carboxylic acids is 1. The van der Waals surface area contributed by atoms with Crippen LogP contribution in [-0.2, 0) is 11.2 Å². The number of rotatable bonds is 3. The first-order valence-electron chi connectivity index (χ1n) is 8.31. The Balaban J connectivity index is 1.71. The van der Waals surface area contributed by atoms with Crippen molar-refractivity contribution in [3.8, 4) is 0 Å². The van der Waals surface area contributed by atoms with Crippen molar-refractivity contribution in [2.45, 2.75) is 51.7 Å². The minimum atomic E-state index is -0.545. The van der Waals surface area contributed by atoms with E-state index in [2.05, 4.69) is 15.1 Å². The molecule has 3 rings (SSSR count). The van der Waals surface area contributed by atoms with Crippen molar-refractivity contribution in [3.05, 3.63) is 46.0 Å². The molecule has 0 aliphatic carbocycles. The molecule has 1 saturated heterocycles. The Labute approximate surface area is 145 Å². The van der Waals surface area contributed by atoms with Crippen LogP contribution in [-0.4, -0.2) is 38.3 Å². The van der Waals surface area contributed by atoms with Crippen LogP contribution in [0.1, 0.15) is 56.9 Å². The van der Waals surface area contributed by atoms with Gasteiger partial charge in [0, 0.05) is 18.8 Å². The minimum absolute atomic E-state index is 0.158. The SMILES string of the molecule is CC(C)(C)OC(=O)N1CCC[C@@H]1c1noc(Cc2ccc(=O)[nH]c2)n1. The number of nitrogens with one attached hydrogen (secondary N) is 1. The van der Waals surface area contributed by atoms with Crippen molar-refractivity contribution < 1.29 is 14.1 Å². The number of carbonyl (C=O) groups is 1. The van der Waals surface area contributed by atoms with E-state index in [1.54, 1.807) is 17.2 Å². The van der Waals surface area contributed by atoms with Gasteiger partial charge < -0.3 is 14.2 Å². The maximum atomic E-state index is 12.4. The molecule has 0 aromatic carbocycles. The van der Waals surface area contributed by atoms with Crippen LogP contribution in [0.25, 0.3) is 0 Å². The van der Waals surface area contributed by atoms with Gasteiger partial charge in [0.15, 0.2) is 5.82 Å². The number of amides is 1. The summed E-state index contributed by atoms with van der Waals surface area (Å²) in [5.41, 5.74) is 0.163. The molecule has 0 bridgehead atoms. The van der Waals surface area contributed by atoms with Gasteiger partial charge in [0.2, 0.25) is 11.4 Å². The van der Waals surface area contributed by atoms with Gasteiger partial charge in [-0.15, -0.1) is 0 Å². The van der Waals surface area contributed by atoms with Crippen molar-refractivity contribution >= 4 is 6.09 Å². The molecule has 1 amide bonds. The number of pyridine rings is 1. The molecule has 0 saturated carbocycles. The van der Waals surface area contributed by atoms with Crippen molar-refractivity contribution in [2.24, 2.45) is 0 Å². The summed E-state index contributed by atoms with van der Waals surface area (Å²) in [6.07, 6.45) is 3.32. The molecule has 8 nitrogen and oxygen atoms in total. The highest BCUT2D eigenvalue weighted by molar-refractivity contribution is 5.69. The summed E-state index contributed by atoms with van der Waals surface area (Å²) >= 11 is 0. The van der Waals surface area contributed by atoms with E-state index in [-0.39, 0.29) is 17.7 Å². The van der Waals surface area contributed by atoms with Gasteiger partial charge in [0.05, 0.1) is 12.5 Å². The highest BCUT2D eigenvalue weighted by Crippen LogP contribution is 2.31. The van der Waals surface area contributed by atoms with Gasteiger partial charge in [0.1, 0.15) is 5.60 Å². The van der Waals surface area contributed by atoms with Gasteiger partial charge in [-0.3, -0.25) is 9.69 Å². The fourth-order valence-electron chi connectivity index (χ4n) is 2.78. The van der Waals surface area contributed by atoms with Gasteiger partial charge in [-0.25, -0.2) is 4.79 Å². The van der Waals surface area contributed by atoms with E-state index < -0.39 is 5.60 Å². The van der Waals surface area contributed by atoms with E-state index in [1.807, 2.05) is 20.8 Å². The normalized spacial score (nSPS) is 17.7. The lowest BCUT2D eigenvalue weighted by molar-refractivity contribution is 0.0217. The zero-order valence-electron chi connectivity index (χ0n) is 14.6. The summed E-state index contributed by atoms with van der Waals surface area (Å²) in [7, 11) is 0. The summed E-state index contributed by atoms with van der Waals surface area (Å²) in [6.45, 7) is 6.13. The lowest BCUT2D eigenvalue weighted by Gasteiger charge is -2.27. The van der Waals surface area contributed by atoms with E-state index >= 15 is 0 Å². The van der Waals surface area contributed by atoms with Crippen molar-refractivity contribution in [1.82, 2.24) is 20.0 Å². The Morgan fingerprint density at radius 2 is 2.24 bits per heavy atom. The van der Waals surface area contributed by atoms with Crippen molar-refractivity contribution in [2.75, 3.05) is 6.54 Å². The third-order valence-electron chi connectivity index (χ3n) is 3.87. The molecule has 0 radical (unpaired) electrons. The highest BCUT2D eigenvalue weighted by atomic mass is 16.6. The molecule has 3 heterocycles. The molecule has 0 spiro atoms. The third kappa shape index (κ3) is 4.26. The number of aromatic amines is 1. The molecule has 0 unspecified atom stereocenters. The molecule has 1 N–H and O–H groups in total. The van der Waals surface area contributed by atoms with E-state index in [0.717, 1.165) is 18.4 Å². The monoisotopic (exact) mass is 346 g/mol. The van der Waals surface area contributed by atoms with Gasteiger partial charge in [-0.2, -0.15) is 4.98 Å². The summed E-state index contributed by atoms with van der Waals surface area (Å²) < 4.78 is 10.8. The highest BCUT2D eigenvalue weighted by Gasteiger charge is 2.35. The Kier molecular flexibility index (Phi) is 4.61. The fourth-order valence-corrected chi connectivity index (χ4v) is 2.78. The minimum Gasteiger partial charge on any atom is -0.444 e. The van der Waals surface area contributed by atoms with E-state index in [4.69, 9.17) is 9.26 Å². The van der Waals surface area contributed by atoms with Crippen LogP contribution in [0.5, 0.6) is 0 Å². The van der Waals surface area contributed by atoms with E-state index in [1.165, 1.54) is 6.07 Å². The van der Waals surface area contributed by atoms with E-state index in [9.17, 15) is 9.59 Å². The predicted octanol–water partition coefficient (Wildman–Crippen LogP) is 2.42. The van der Waals surface area contributed by atoms with Crippen LogP contribution >= 0.6 is 0 Å². The average molecular weight is 346 g/mol. The van der Waals surface area contributed by atoms with Crippen LogP contribution in [0.15, 0.2) is 27.6 Å². The molecule has 2 aromatic rings. The molecule has 134 valence electrons. The summed E-state index contributed by atoms with van der Waals surface area (Å²) in [4.78, 5) is 32.1. The molecule has 1 aliphatic rings. The first-order valence-corrected chi connectivity index (χ1v) is 8.31. The van der Waals surface area contributed by atoms with Crippen LogP contribution in [0.2, 0.25) is 0 Å². The smallest absolute Gasteiger partial charge is 0.410 e. The Morgan fingerprint density at radius 3 is 2.92 bits per heavy atom. The second kappa shape index (κ2) is 6.70. The summed E-state index contributed by atoms with van der Waals surface area (Å²) in [5, 5.41) is 4.03. The van der Waals surface area contributed by atoms with Gasteiger partial charge >= 0.3 is 6.09 Å². The average Bonchev–Trinajstić information content (AvgIpc) is 3.16. The number of aromatic nitrogens is 3. The molecular weight excluding hydrogens is 324 g/mol. The topological polar surface area (TPSA) is 101 Å². The van der Waals surface area contributed by atoms with Crippen molar-refractivity contribution in [1.29, 1.82) is 0 Å². The number of H-pyrrole nitrogens is 1. The zero-order valence-corrected chi connectivity index (χ0v) is 14.6. The first-order chi connectivity index (χ1) is 11.8. The van der Waals surface area contributed by atoms with Gasteiger partial charge in [0.25, 0.3) is 0 Å². The molecule has 1 atom stereocenters. The number of ether oxygens (including phenoxy) is 1. The number of hydrogen-bond acceptors (Lipinski definition) is 6. The second-order valence-corrected chi connectivity index (χ2v) is 7.12. The number of likely N-dealkylation sites (tertiary alicyclic amines) is 1. The van der Waals surface area contributed by atoms with Crippen molar-refractivity contribution in [3.63, 3.8) is 0 Å². The molecule has 8 heteroatoms. The standard InChI is InChI=1S/C17H22N4O4/c1-17(2,3)24-16(23)21-8-4-5-12(21)15-19-14(25-20-15)9-11-6-7-13(22)18-10-11/h6-7,10,12H,4-5,8-9H2,1-3H3,(H,18,22)/t12-/m1/s1. The fraction of sp³-hybridized carbons (Fsp3) is 0.529. The predicted molar refractivity (Wildman–Crippen MR) is 89.1 cm³/mol. The Hall–Kier alpha value is -2.64. The lowest BCUT2D eigenvalue weighted by Crippen LogP contribution is -2.36. The first kappa shape index (κ1) is 17.2. The maximum Gasteiger partial charge on any atom is 0.410 e. The van der Waals surface area contributed by atoms with Crippen LogP contribution < -0.4 is 5.56 Å². The number of nitrogens with zero attached hydrogens (tertiary/aromatic N) is 3. The maximum absolute atomic E-state index is 12.4. The van der Waals surface area contributed by atoms with Crippen LogP contribution in [0.3, 0.4) is 0 Å². The molecule has 1 fully saturated rings. The molecule has 25 heavy (non-hydrogen) atoms. The Morgan fingerprint density at radius 1 is 1.44 bits per heavy atom. The van der Waals surface area contributed by atoms with Crippen LogP contribution in [0.4, 0.5) is 4.79 Å². The Bertz CT molecular complexity index is 785. The largest absolute Gasteiger partial charge is 0.444 e. The quantitative estimate of drug-likeness (QED) is 0.916. The third-order valence-corrected chi connectivity index (χ3v) is 3.87. The van der Waals surface area contributed by atoms with E-state index in [0.29, 0.717) is 24.7 Å². The lowest BCUT2D eigenvalue weighted by atomic mass is 10.2. The van der Waals surface area contributed by atoms with Crippen LogP contribution in [0, 0.1) is 0 Å². The zero-order chi connectivity index (χ0) is 18.0. The summed E-state index contributed by atoms with van der Waals surface area (Å²) in [5.74, 6) is 0.931.